The topological polar surface area (TPSA) is 58.7 Å². The number of β-amino-alcohol motifs (C(OH)–C–C–N with tert-alkyl or cyclic N) is 1. The van der Waals surface area contributed by atoms with Crippen LogP contribution in [0.5, 0.6) is 0 Å². The van der Waals surface area contributed by atoms with E-state index in [4.69, 9.17) is 10.5 Å². The van der Waals surface area contributed by atoms with Gasteiger partial charge in [0.1, 0.15) is 0 Å². The molecule has 3 N–H and O–H groups in total. The van der Waals surface area contributed by atoms with Gasteiger partial charge in [-0.25, -0.2) is 0 Å². The number of hydrogen-bond acceptors (Lipinski definition) is 4. The molecule has 17 heavy (non-hydrogen) atoms. The molecule has 0 radical (unpaired) electrons. The third-order valence-electron chi connectivity index (χ3n) is 3.18. The lowest BCUT2D eigenvalue weighted by molar-refractivity contribution is 0.0685. The van der Waals surface area contributed by atoms with E-state index < -0.39 is 6.10 Å². The second-order valence-corrected chi connectivity index (χ2v) is 4.51. The van der Waals surface area contributed by atoms with Crippen molar-refractivity contribution in [1.29, 1.82) is 0 Å². The summed E-state index contributed by atoms with van der Waals surface area (Å²) in [6.45, 7) is 1.85. The number of rotatable bonds is 4. The molecule has 4 heteroatoms. The van der Waals surface area contributed by atoms with Crippen LogP contribution in [0, 0.1) is 0 Å². The lowest BCUT2D eigenvalue weighted by Gasteiger charge is -2.35. The molecule has 0 aliphatic carbocycles. The zero-order valence-corrected chi connectivity index (χ0v) is 10.2. The lowest BCUT2D eigenvalue weighted by atomic mass is 9.97. The van der Waals surface area contributed by atoms with E-state index in [0.29, 0.717) is 13.2 Å². The van der Waals surface area contributed by atoms with Crippen LogP contribution in [-0.4, -0.2) is 38.0 Å². The highest BCUT2D eigenvalue weighted by atomic mass is 16.5. The minimum Gasteiger partial charge on any atom is -0.389 e. The maximum absolute atomic E-state index is 9.79. The number of anilines is 1. The Morgan fingerprint density at radius 3 is 3.06 bits per heavy atom. The Kier molecular flexibility index (Phi) is 3.99. The fraction of sp³-hybridized carbons (Fsp3) is 0.538. The van der Waals surface area contributed by atoms with E-state index in [1.807, 2.05) is 12.1 Å². The third-order valence-corrected chi connectivity index (χ3v) is 3.18. The molecule has 0 saturated carbocycles. The molecular formula is C13H20N2O2. The largest absolute Gasteiger partial charge is 0.389 e. The summed E-state index contributed by atoms with van der Waals surface area (Å²) in [5.74, 6) is 0. The van der Waals surface area contributed by atoms with Crippen LogP contribution in [0.1, 0.15) is 18.0 Å². The van der Waals surface area contributed by atoms with E-state index in [0.717, 1.165) is 18.7 Å². The van der Waals surface area contributed by atoms with Gasteiger partial charge in [0.2, 0.25) is 0 Å². The van der Waals surface area contributed by atoms with Crippen LogP contribution in [0.2, 0.25) is 0 Å². The second kappa shape index (κ2) is 5.49. The van der Waals surface area contributed by atoms with E-state index in [2.05, 4.69) is 17.0 Å². The summed E-state index contributed by atoms with van der Waals surface area (Å²) in [4.78, 5) is 2.18. The first-order valence-electron chi connectivity index (χ1n) is 5.99. The number of fused-ring (bicyclic) bond motifs is 1. The monoisotopic (exact) mass is 236 g/mol. The molecule has 1 heterocycles. The molecule has 0 amide bonds. The SMILES string of the molecule is COCC(O)CN1CCC(N)c2ccccc21. The molecule has 0 aromatic heterocycles. The normalized spacial score (nSPS) is 21.1. The molecule has 4 nitrogen and oxygen atoms in total. The Hall–Kier alpha value is -1.10. The van der Waals surface area contributed by atoms with Crippen molar-refractivity contribution in [3.63, 3.8) is 0 Å². The molecule has 1 aliphatic heterocycles. The molecule has 1 aromatic carbocycles. The maximum atomic E-state index is 9.79. The van der Waals surface area contributed by atoms with Crippen molar-refractivity contribution in [1.82, 2.24) is 0 Å². The number of benzene rings is 1. The first-order chi connectivity index (χ1) is 8.22. The first-order valence-corrected chi connectivity index (χ1v) is 5.99. The standard InChI is InChI=1S/C13H20N2O2/c1-17-9-10(16)8-15-7-6-12(14)11-4-2-3-5-13(11)15/h2-5,10,12,16H,6-9,14H2,1H3. The van der Waals surface area contributed by atoms with Gasteiger partial charge in [-0.3, -0.25) is 0 Å². The molecule has 1 aromatic rings. The van der Waals surface area contributed by atoms with Crippen molar-refractivity contribution in [3.05, 3.63) is 29.8 Å². The van der Waals surface area contributed by atoms with E-state index in [-0.39, 0.29) is 6.04 Å². The Bertz CT molecular complexity index is 370. The van der Waals surface area contributed by atoms with Crippen molar-refractivity contribution in [3.8, 4) is 0 Å². The number of aliphatic hydroxyl groups excluding tert-OH is 1. The van der Waals surface area contributed by atoms with Gasteiger partial charge in [0.05, 0.1) is 12.7 Å². The Labute approximate surface area is 102 Å². The van der Waals surface area contributed by atoms with Crippen LogP contribution >= 0.6 is 0 Å². The number of hydrogen-bond donors (Lipinski definition) is 2. The molecule has 2 rings (SSSR count). The molecule has 94 valence electrons. The van der Waals surface area contributed by atoms with E-state index in [1.54, 1.807) is 7.11 Å². The Morgan fingerprint density at radius 1 is 1.53 bits per heavy atom. The van der Waals surface area contributed by atoms with Crippen LogP contribution in [0.15, 0.2) is 24.3 Å². The summed E-state index contributed by atoms with van der Waals surface area (Å²) in [6.07, 6.45) is 0.471. The van der Waals surface area contributed by atoms with Gasteiger partial charge in [-0.2, -0.15) is 0 Å². The third kappa shape index (κ3) is 2.77. The van der Waals surface area contributed by atoms with Crippen molar-refractivity contribution < 1.29 is 9.84 Å². The lowest BCUT2D eigenvalue weighted by Crippen LogP contribution is -2.40. The van der Waals surface area contributed by atoms with Gasteiger partial charge in [0, 0.05) is 31.9 Å². The average Bonchev–Trinajstić information content (AvgIpc) is 2.34. The zero-order chi connectivity index (χ0) is 12.3. The van der Waals surface area contributed by atoms with Crippen LogP contribution in [0.25, 0.3) is 0 Å². The first kappa shape index (κ1) is 12.4. The minimum absolute atomic E-state index is 0.113. The van der Waals surface area contributed by atoms with E-state index in [9.17, 15) is 5.11 Å². The predicted molar refractivity (Wildman–Crippen MR) is 68.1 cm³/mol. The second-order valence-electron chi connectivity index (χ2n) is 4.51. The van der Waals surface area contributed by atoms with Gasteiger partial charge in [0.25, 0.3) is 0 Å². The molecule has 0 fully saturated rings. The summed E-state index contributed by atoms with van der Waals surface area (Å²) in [5, 5.41) is 9.79. The highest BCUT2D eigenvalue weighted by Crippen LogP contribution is 2.31. The molecule has 1 aliphatic rings. The van der Waals surface area contributed by atoms with Crippen LogP contribution in [-0.2, 0) is 4.74 Å². The summed E-state index contributed by atoms with van der Waals surface area (Å²) < 4.78 is 4.95. The number of para-hydroxylation sites is 1. The van der Waals surface area contributed by atoms with Gasteiger partial charge in [-0.15, -0.1) is 0 Å². The van der Waals surface area contributed by atoms with Crippen molar-refractivity contribution in [2.24, 2.45) is 5.73 Å². The highest BCUT2D eigenvalue weighted by Gasteiger charge is 2.23. The molecule has 0 saturated heterocycles. The minimum atomic E-state index is -0.456. The van der Waals surface area contributed by atoms with E-state index >= 15 is 0 Å². The fourth-order valence-corrected chi connectivity index (χ4v) is 2.35. The van der Waals surface area contributed by atoms with Crippen LogP contribution in [0.3, 0.4) is 0 Å². The van der Waals surface area contributed by atoms with E-state index in [1.165, 1.54) is 5.56 Å². The van der Waals surface area contributed by atoms with Gasteiger partial charge < -0.3 is 20.5 Å². The van der Waals surface area contributed by atoms with Gasteiger partial charge in [0.15, 0.2) is 0 Å². The summed E-state index contributed by atoms with van der Waals surface area (Å²) in [7, 11) is 1.60. The van der Waals surface area contributed by atoms with Crippen molar-refractivity contribution >= 4 is 5.69 Å². The smallest absolute Gasteiger partial charge is 0.0947 e. The molecule has 2 atom stereocenters. The highest BCUT2D eigenvalue weighted by molar-refractivity contribution is 5.56. The van der Waals surface area contributed by atoms with Crippen LogP contribution in [0.4, 0.5) is 5.69 Å². The molecular weight excluding hydrogens is 216 g/mol. The Morgan fingerprint density at radius 2 is 2.29 bits per heavy atom. The fourth-order valence-electron chi connectivity index (χ4n) is 2.35. The van der Waals surface area contributed by atoms with Crippen LogP contribution < -0.4 is 10.6 Å². The quantitative estimate of drug-likeness (QED) is 0.815. The zero-order valence-electron chi connectivity index (χ0n) is 10.2. The molecule has 0 spiro atoms. The average molecular weight is 236 g/mol. The molecule has 2 unspecified atom stereocenters. The summed E-state index contributed by atoms with van der Waals surface area (Å²) in [5.41, 5.74) is 8.39. The summed E-state index contributed by atoms with van der Waals surface area (Å²) >= 11 is 0. The number of methoxy groups -OCH3 is 1. The predicted octanol–water partition coefficient (Wildman–Crippen LogP) is 0.904. The van der Waals surface area contributed by atoms with Gasteiger partial charge >= 0.3 is 0 Å². The number of nitrogens with zero attached hydrogens (tertiary/aromatic N) is 1. The van der Waals surface area contributed by atoms with Gasteiger partial charge in [-0.1, -0.05) is 18.2 Å². The summed E-state index contributed by atoms with van der Waals surface area (Å²) in [6, 6.07) is 8.25. The van der Waals surface area contributed by atoms with Gasteiger partial charge in [-0.05, 0) is 18.1 Å². The number of aliphatic hydroxyl groups is 1. The number of nitrogens with two attached hydrogens (primary N) is 1. The Balaban J connectivity index is 2.13. The number of ether oxygens (including phenoxy) is 1. The van der Waals surface area contributed by atoms with Crippen molar-refractivity contribution in [2.45, 2.75) is 18.6 Å². The maximum Gasteiger partial charge on any atom is 0.0947 e. The van der Waals surface area contributed by atoms with Crippen molar-refractivity contribution in [2.75, 3.05) is 31.7 Å². The molecule has 0 bridgehead atoms.